The maximum absolute atomic E-state index is 12.2. The number of aromatic nitrogens is 2. The molecule has 4 aromatic heterocycles. The number of aliphatic hydroxyl groups is 1. The molecule has 4 nitrogen and oxygen atoms in total. The maximum atomic E-state index is 12.2. The minimum absolute atomic E-state index is 0. The van der Waals surface area contributed by atoms with E-state index in [4.69, 9.17) is 9.97 Å². The number of aliphatic hydroxyl groups excluding tert-OH is 1. The minimum atomic E-state index is -0.337. The first-order valence-electron chi connectivity index (χ1n) is 18.5. The third-order valence-electron chi connectivity index (χ3n) is 11.2. The molecule has 1 radical (unpaired) electrons. The first kappa shape index (κ1) is 42.3. The van der Waals surface area contributed by atoms with Crippen LogP contribution in [0.1, 0.15) is 118 Å². The van der Waals surface area contributed by atoms with Crippen molar-refractivity contribution in [2.75, 3.05) is 0 Å². The quantitative estimate of drug-likeness (QED) is 0.0844. The van der Waals surface area contributed by atoms with E-state index in [1.54, 1.807) is 29.0 Å². The van der Waals surface area contributed by atoms with Gasteiger partial charge in [0.15, 0.2) is 5.78 Å². The number of thiophene rings is 3. The molecule has 0 spiro atoms. The topological polar surface area (TPSA) is 63.1 Å². The summed E-state index contributed by atoms with van der Waals surface area (Å²) in [6.45, 7) is 25.8. The van der Waals surface area contributed by atoms with E-state index < -0.39 is 0 Å². The van der Waals surface area contributed by atoms with Crippen LogP contribution in [-0.2, 0) is 36.7 Å². The van der Waals surface area contributed by atoms with E-state index in [2.05, 4.69) is 77.3 Å². The monoisotopic (exact) mass is 932 g/mol. The maximum Gasteiger partial charge on any atom is 0.164 e. The number of carbonyl (C=O) groups is 1. The van der Waals surface area contributed by atoms with Crippen molar-refractivity contribution in [2.45, 2.75) is 121 Å². The zero-order valence-corrected chi connectivity index (χ0v) is 37.8. The fraction of sp³-hybridized carbons (Fsp3) is 0.477. The molecule has 0 aliphatic carbocycles. The predicted molar refractivity (Wildman–Crippen MR) is 225 cm³/mol. The Morgan fingerprint density at radius 2 is 1.56 bits per heavy atom. The standard InChI is InChI=1S/C29H27N2S3.C15H28O2.Ir/c1-15(2)11-22-16(3)23-21(33-22)8-7-19-24-25(30-14-31-28(24)34-27(19)23)18-12-17-9-10-32-26(17)20(13-18)29(4,5)6;1-7-14(5,8-2)12(16)11-13(17)15(6,9-3)10-4;/h7-10,13-15H,11H2,1-6H3;11,16H,7-10H2,1-6H3;/q-1;;/b;12-11-;. The van der Waals surface area contributed by atoms with Crippen LogP contribution in [0.15, 0.2) is 47.8 Å². The number of ketones is 1. The Bertz CT molecular complexity index is 2220. The van der Waals surface area contributed by atoms with Crippen LogP contribution in [0.2, 0.25) is 0 Å². The van der Waals surface area contributed by atoms with Crippen LogP contribution in [0.3, 0.4) is 0 Å². The van der Waals surface area contributed by atoms with Crippen molar-refractivity contribution in [3.05, 3.63) is 69.9 Å². The Kier molecular flexibility index (Phi) is 13.4. The molecule has 8 heteroatoms. The average molecular weight is 932 g/mol. The summed E-state index contributed by atoms with van der Waals surface area (Å²) in [5, 5.41) is 17.3. The van der Waals surface area contributed by atoms with E-state index in [1.807, 2.05) is 52.9 Å². The molecule has 4 heterocycles. The van der Waals surface area contributed by atoms with E-state index >= 15 is 0 Å². The van der Waals surface area contributed by atoms with Crippen LogP contribution in [0.4, 0.5) is 0 Å². The molecule has 6 aromatic rings. The Morgan fingerprint density at radius 1 is 0.904 bits per heavy atom. The molecule has 0 aliphatic heterocycles. The van der Waals surface area contributed by atoms with Gasteiger partial charge in [-0.3, -0.25) is 9.78 Å². The first-order chi connectivity index (χ1) is 24.0. The Labute approximate surface area is 336 Å². The summed E-state index contributed by atoms with van der Waals surface area (Å²) in [4.78, 5) is 24.3. The van der Waals surface area contributed by atoms with Crippen LogP contribution in [-0.4, -0.2) is 20.9 Å². The number of benzene rings is 2. The predicted octanol–water partition coefficient (Wildman–Crippen LogP) is 14.2. The summed E-state index contributed by atoms with van der Waals surface area (Å²) in [6, 6.07) is 12.8. The van der Waals surface area contributed by atoms with Crippen molar-refractivity contribution in [2.24, 2.45) is 16.7 Å². The molecule has 2 aromatic carbocycles. The van der Waals surface area contributed by atoms with Gasteiger partial charge in [0.2, 0.25) is 0 Å². The molecule has 0 aliphatic rings. The van der Waals surface area contributed by atoms with Gasteiger partial charge in [0.1, 0.15) is 16.9 Å². The zero-order valence-electron chi connectivity index (χ0n) is 33.0. The minimum Gasteiger partial charge on any atom is -0.512 e. The summed E-state index contributed by atoms with van der Waals surface area (Å²) < 4.78 is 4.04. The molecule has 1 N–H and O–H groups in total. The molecule has 0 bridgehead atoms. The summed E-state index contributed by atoms with van der Waals surface area (Å²) in [7, 11) is 0. The van der Waals surface area contributed by atoms with Gasteiger partial charge in [-0.25, -0.2) is 4.98 Å². The fourth-order valence-electron chi connectivity index (χ4n) is 6.59. The van der Waals surface area contributed by atoms with Crippen LogP contribution in [0, 0.1) is 29.7 Å². The number of rotatable bonds is 10. The number of aryl methyl sites for hydroxylation is 1. The number of hydrogen-bond donors (Lipinski definition) is 1. The number of carbonyl (C=O) groups excluding carboxylic acids is 1. The molecule has 6 rings (SSSR count). The normalized spacial score (nSPS) is 12.9. The molecule has 0 amide bonds. The van der Waals surface area contributed by atoms with Crippen molar-refractivity contribution in [1.82, 2.24) is 9.97 Å². The average Bonchev–Trinajstić information content (AvgIpc) is 3.81. The van der Waals surface area contributed by atoms with Gasteiger partial charge in [-0.05, 0) is 77.5 Å². The molecular weight excluding hydrogens is 877 g/mol. The van der Waals surface area contributed by atoms with Crippen LogP contribution in [0.5, 0.6) is 0 Å². The number of allylic oxidation sites excluding steroid dienone is 2. The number of nitrogens with zero attached hydrogens (tertiary/aromatic N) is 2. The van der Waals surface area contributed by atoms with E-state index in [0.717, 1.165) is 53.6 Å². The molecule has 0 unspecified atom stereocenters. The van der Waals surface area contributed by atoms with Gasteiger partial charge in [-0.2, -0.15) is 11.3 Å². The Balaban J connectivity index is 0.000000289. The van der Waals surface area contributed by atoms with E-state index in [-0.39, 0.29) is 47.9 Å². The first-order valence-corrected chi connectivity index (χ1v) is 21.0. The molecule has 0 saturated carbocycles. The largest absolute Gasteiger partial charge is 0.512 e. The third kappa shape index (κ3) is 8.12. The van der Waals surface area contributed by atoms with Crippen LogP contribution in [0.25, 0.3) is 51.7 Å². The van der Waals surface area contributed by atoms with Gasteiger partial charge < -0.3 is 5.11 Å². The molecule has 0 saturated heterocycles. The second-order valence-corrected chi connectivity index (χ2v) is 19.1. The van der Waals surface area contributed by atoms with Gasteiger partial charge in [0, 0.05) is 67.8 Å². The van der Waals surface area contributed by atoms with Gasteiger partial charge in [-0.15, -0.1) is 46.3 Å². The van der Waals surface area contributed by atoms with Crippen LogP contribution < -0.4 is 0 Å². The summed E-state index contributed by atoms with van der Waals surface area (Å²) in [5.41, 5.74) is 4.28. The summed E-state index contributed by atoms with van der Waals surface area (Å²) in [5.74, 6) is 0.940. The smallest absolute Gasteiger partial charge is 0.164 e. The number of fused-ring (bicyclic) bond motifs is 6. The third-order valence-corrected chi connectivity index (χ3v) is 14.5. The molecule has 281 valence electrons. The van der Waals surface area contributed by atoms with Gasteiger partial charge in [0.05, 0.1) is 0 Å². The fourth-order valence-corrected chi connectivity index (χ4v) is 10.4. The number of hydrogen-bond acceptors (Lipinski definition) is 7. The van der Waals surface area contributed by atoms with Gasteiger partial charge >= 0.3 is 0 Å². The van der Waals surface area contributed by atoms with Crippen molar-refractivity contribution in [1.29, 1.82) is 0 Å². The second kappa shape index (κ2) is 16.5. The SMILES string of the molecule is CCC(C)(CC)C(=O)/C=C(\O)C(C)(CC)CC.Cc1c(CC(C)C)sc2ccc3c(sc4ncnc(-c5[c-]c6ccsc6c(C(C)(C)C)c5)c43)c12.[Ir]. The van der Waals surface area contributed by atoms with Crippen LogP contribution >= 0.6 is 34.0 Å². The van der Waals surface area contributed by atoms with Crippen molar-refractivity contribution in [3.63, 3.8) is 0 Å². The van der Waals surface area contributed by atoms with Crippen molar-refractivity contribution in [3.8, 4) is 11.3 Å². The van der Waals surface area contributed by atoms with E-state index in [9.17, 15) is 9.90 Å². The van der Waals surface area contributed by atoms with E-state index in [1.165, 1.54) is 52.3 Å². The van der Waals surface area contributed by atoms with Crippen molar-refractivity contribution < 1.29 is 30.0 Å². The van der Waals surface area contributed by atoms with Gasteiger partial charge in [-0.1, -0.05) is 93.4 Å². The Morgan fingerprint density at radius 3 is 2.15 bits per heavy atom. The second-order valence-electron chi connectivity index (χ2n) is 16.0. The molecule has 0 fully saturated rings. The molecule has 0 atom stereocenters. The molecule has 52 heavy (non-hydrogen) atoms. The van der Waals surface area contributed by atoms with Gasteiger partial charge in [0.25, 0.3) is 0 Å². The Hall–Kier alpha value is -2.48. The van der Waals surface area contributed by atoms with E-state index in [0.29, 0.717) is 5.92 Å². The zero-order chi connectivity index (χ0) is 37.5. The van der Waals surface area contributed by atoms with Crippen molar-refractivity contribution >= 4 is 80.3 Å². The summed E-state index contributed by atoms with van der Waals surface area (Å²) >= 11 is 5.56. The molecular formula is C44H55IrN2O2S3-. The summed E-state index contributed by atoms with van der Waals surface area (Å²) in [6.07, 6.45) is 7.61.